The summed E-state index contributed by atoms with van der Waals surface area (Å²) in [4.78, 5) is 57.1. The highest BCUT2D eigenvalue weighted by Gasteiger charge is 2.31. The van der Waals surface area contributed by atoms with Gasteiger partial charge in [-0.05, 0) is 94.1 Å². The highest BCUT2D eigenvalue weighted by atomic mass is 32.2. The van der Waals surface area contributed by atoms with Crippen LogP contribution in [0, 0.1) is 13.8 Å². The average molecular weight is 756 g/mol. The van der Waals surface area contributed by atoms with Crippen molar-refractivity contribution < 1.29 is 41.8 Å². The smallest absolute Gasteiger partial charge is 0.352 e. The summed E-state index contributed by atoms with van der Waals surface area (Å²) in [5.41, 5.74) is 3.84. The van der Waals surface area contributed by atoms with E-state index in [1.54, 1.807) is 56.3 Å². The van der Waals surface area contributed by atoms with E-state index in [9.17, 15) is 27.6 Å². The fourth-order valence-corrected chi connectivity index (χ4v) is 7.09. The van der Waals surface area contributed by atoms with Crippen LogP contribution in [0.2, 0.25) is 0 Å². The third kappa shape index (κ3) is 8.01. The molecule has 0 spiro atoms. The second kappa shape index (κ2) is 15.6. The molecule has 2 aliphatic heterocycles. The average Bonchev–Trinajstić information content (AvgIpc) is 3.85. The molecule has 6 rings (SSSR count). The number of hydrogen-bond acceptors (Lipinski definition) is 10. The number of carbonyl (C=O) groups is 4. The first-order valence-corrected chi connectivity index (χ1v) is 19.1. The van der Waals surface area contributed by atoms with Crippen molar-refractivity contribution in [1.82, 2.24) is 10.3 Å². The number of nitrogens with one attached hydrogen (secondary N) is 3. The number of esters is 2. The summed E-state index contributed by atoms with van der Waals surface area (Å²) in [7, 11) is -4.40. The second-order valence-electron chi connectivity index (χ2n) is 13.1. The van der Waals surface area contributed by atoms with E-state index in [2.05, 4.69) is 15.6 Å². The molecule has 0 bridgehead atoms. The molecule has 5 N–H and O–H groups in total. The van der Waals surface area contributed by atoms with Gasteiger partial charge in [-0.1, -0.05) is 25.1 Å². The van der Waals surface area contributed by atoms with Gasteiger partial charge in [-0.3, -0.25) is 9.59 Å². The molecule has 0 saturated carbocycles. The van der Waals surface area contributed by atoms with E-state index in [1.807, 2.05) is 11.8 Å². The van der Waals surface area contributed by atoms with Crippen LogP contribution in [-0.2, 0) is 24.3 Å². The first-order valence-electron chi connectivity index (χ1n) is 17.5. The van der Waals surface area contributed by atoms with E-state index in [-0.39, 0.29) is 34.4 Å². The Morgan fingerprint density at radius 2 is 1.74 bits per heavy atom. The van der Waals surface area contributed by atoms with Gasteiger partial charge in [-0.2, -0.15) is 0 Å². The molecule has 3 heterocycles. The van der Waals surface area contributed by atoms with Gasteiger partial charge in [0.2, 0.25) is 10.0 Å². The van der Waals surface area contributed by atoms with E-state index in [1.165, 1.54) is 25.1 Å². The lowest BCUT2D eigenvalue weighted by Gasteiger charge is -2.24. The Kier molecular flexibility index (Phi) is 10.9. The monoisotopic (exact) mass is 755 g/mol. The molecule has 15 heteroatoms. The number of benzene rings is 3. The second-order valence-corrected chi connectivity index (χ2v) is 14.6. The Balaban J connectivity index is 1.22. The number of hydrogen-bond donors (Lipinski definition) is 4. The number of aromatic nitrogens is 1. The first-order chi connectivity index (χ1) is 25.7. The van der Waals surface area contributed by atoms with Gasteiger partial charge in [-0.15, -0.1) is 0 Å². The lowest BCUT2D eigenvalue weighted by atomic mass is 10.0. The van der Waals surface area contributed by atoms with Crippen molar-refractivity contribution in [3.8, 4) is 17.2 Å². The quantitative estimate of drug-likeness (QED) is 0.0819. The number of anilines is 2. The van der Waals surface area contributed by atoms with Crippen molar-refractivity contribution in [1.29, 1.82) is 0 Å². The van der Waals surface area contributed by atoms with Crippen molar-refractivity contribution in [2.24, 2.45) is 5.14 Å². The van der Waals surface area contributed by atoms with Crippen LogP contribution in [-0.4, -0.2) is 62.9 Å². The van der Waals surface area contributed by atoms with E-state index in [4.69, 9.17) is 19.3 Å². The number of para-hydroxylation sites is 1. The van der Waals surface area contributed by atoms with Crippen molar-refractivity contribution >= 4 is 56.8 Å². The fraction of sp³-hybridized carbons (Fsp3) is 0.282. The van der Waals surface area contributed by atoms with Crippen LogP contribution >= 0.6 is 0 Å². The molecule has 1 unspecified atom stereocenters. The summed E-state index contributed by atoms with van der Waals surface area (Å²) in [5.74, 6) is -2.06. The number of aryl methyl sites for hydroxylation is 1. The minimum Gasteiger partial charge on any atom is -0.454 e. The predicted octanol–water partition coefficient (Wildman–Crippen LogP) is 5.45. The summed E-state index contributed by atoms with van der Waals surface area (Å²) < 4.78 is 42.8. The Morgan fingerprint density at radius 1 is 1.02 bits per heavy atom. The van der Waals surface area contributed by atoms with Gasteiger partial charge in [-0.25, -0.2) is 23.1 Å². The lowest BCUT2D eigenvalue weighted by Crippen LogP contribution is -2.29. The summed E-state index contributed by atoms with van der Waals surface area (Å²) in [6.07, 6.45) is 2.70. The number of nitrogens with two attached hydrogens (primary N) is 1. The van der Waals surface area contributed by atoms with Crippen LogP contribution in [0.3, 0.4) is 0 Å². The molecular weight excluding hydrogens is 715 g/mol. The zero-order chi connectivity index (χ0) is 38.7. The number of fused-ring (bicyclic) bond motifs is 1. The number of amides is 2. The maximum Gasteiger partial charge on any atom is 0.352 e. The molecule has 14 nitrogen and oxygen atoms in total. The topological polar surface area (TPSA) is 199 Å². The van der Waals surface area contributed by atoms with Gasteiger partial charge in [0.15, 0.2) is 11.9 Å². The molecule has 4 aromatic rings. The molecule has 282 valence electrons. The van der Waals surface area contributed by atoms with Gasteiger partial charge in [0.1, 0.15) is 16.4 Å². The number of sulfonamides is 1. The van der Waals surface area contributed by atoms with Crippen LogP contribution in [0.5, 0.6) is 17.2 Å². The fourth-order valence-electron chi connectivity index (χ4n) is 6.40. The molecule has 3 aromatic carbocycles. The molecule has 2 amide bonds. The zero-order valence-corrected chi connectivity index (χ0v) is 31.1. The minimum atomic E-state index is -4.40. The van der Waals surface area contributed by atoms with Gasteiger partial charge in [0.05, 0.1) is 22.4 Å². The maximum atomic E-state index is 13.5. The first kappa shape index (κ1) is 37.8. The van der Waals surface area contributed by atoms with E-state index in [0.29, 0.717) is 64.8 Å². The van der Waals surface area contributed by atoms with Crippen LogP contribution < -0.4 is 30.1 Å². The molecule has 0 radical (unpaired) electrons. The third-order valence-electron chi connectivity index (χ3n) is 9.12. The number of nitrogens with zero attached hydrogens (tertiary/aromatic N) is 1. The number of H-pyrrole nitrogens is 1. The molecule has 54 heavy (non-hydrogen) atoms. The molecule has 0 aliphatic carbocycles. The highest BCUT2D eigenvalue weighted by Crippen LogP contribution is 2.41. The third-order valence-corrected chi connectivity index (χ3v) is 10.0. The van der Waals surface area contributed by atoms with E-state index < -0.39 is 33.0 Å². The molecule has 1 fully saturated rings. The molecule has 1 aromatic heterocycles. The molecule has 1 atom stereocenters. The van der Waals surface area contributed by atoms with Crippen molar-refractivity contribution in [3.05, 3.63) is 94.3 Å². The number of primary sulfonamides is 1. The summed E-state index contributed by atoms with van der Waals surface area (Å²) >= 11 is 0. The van der Waals surface area contributed by atoms with E-state index >= 15 is 0 Å². The lowest BCUT2D eigenvalue weighted by molar-refractivity contribution is -0.143. The van der Waals surface area contributed by atoms with Gasteiger partial charge < -0.3 is 34.7 Å². The van der Waals surface area contributed by atoms with E-state index in [0.717, 1.165) is 25.3 Å². The molecular formula is C39H41N5O9S. The Bertz CT molecular complexity index is 2280. The minimum absolute atomic E-state index is 0.0212. The number of ether oxygens (including phenoxy) is 3. The Morgan fingerprint density at radius 3 is 2.43 bits per heavy atom. The number of carbonyl (C=O) groups excluding carboxylic acids is 4. The Labute approximate surface area is 312 Å². The molecule has 1 saturated heterocycles. The highest BCUT2D eigenvalue weighted by molar-refractivity contribution is 7.89. The van der Waals surface area contributed by atoms with Crippen LogP contribution in [0.1, 0.15) is 76.3 Å². The standard InChI is InChI=1S/C39H41N5O9S/c1-5-15-41-37(46)34-22(2)31(42-23(34)3)21-29-28-20-27(13-14-30(28)43-36(29)45)53-38(47)24(4)51-39(48)25-18-32(44-16-9-10-17-44)35(33(19-25)54(40,49)50)52-26-11-7-6-8-12-26/h6-8,11-14,18-21,24,42H,5,9-10,15-17H2,1-4H3,(H,41,46)(H,43,45)(H2,40,49,50)/b29-21-. The zero-order valence-electron chi connectivity index (χ0n) is 30.3. The summed E-state index contributed by atoms with van der Waals surface area (Å²) in [6.45, 7) is 8.58. The largest absolute Gasteiger partial charge is 0.454 e. The van der Waals surface area contributed by atoms with Crippen molar-refractivity contribution in [2.45, 2.75) is 58.0 Å². The predicted molar refractivity (Wildman–Crippen MR) is 202 cm³/mol. The van der Waals surface area contributed by atoms with Gasteiger partial charge in [0, 0.05) is 42.3 Å². The number of rotatable bonds is 12. The van der Waals surface area contributed by atoms with Crippen molar-refractivity contribution in [2.75, 3.05) is 29.9 Å². The maximum absolute atomic E-state index is 13.5. The van der Waals surface area contributed by atoms with Crippen LogP contribution in [0.15, 0.2) is 65.6 Å². The normalized spacial score (nSPS) is 15.1. The SMILES string of the molecule is CCCNC(=O)c1c(C)[nH]c(/C=C2\C(=O)Nc3ccc(OC(=O)C(C)OC(=O)c4cc(N5CCCC5)c(Oc5ccccc5)c(S(N)(=O)=O)c4)cc32)c1C. The van der Waals surface area contributed by atoms with Crippen LogP contribution in [0.4, 0.5) is 11.4 Å². The number of aromatic amines is 1. The molecule has 2 aliphatic rings. The summed E-state index contributed by atoms with van der Waals surface area (Å²) in [5, 5.41) is 11.3. The van der Waals surface area contributed by atoms with Crippen LogP contribution in [0.25, 0.3) is 11.6 Å². The van der Waals surface area contributed by atoms with Crippen molar-refractivity contribution in [3.63, 3.8) is 0 Å². The summed E-state index contributed by atoms with van der Waals surface area (Å²) in [6, 6.07) is 15.7. The van der Waals surface area contributed by atoms with Gasteiger partial charge in [0.25, 0.3) is 11.8 Å². The van der Waals surface area contributed by atoms with Gasteiger partial charge >= 0.3 is 11.9 Å². The Hall–Kier alpha value is -5.93.